The van der Waals surface area contributed by atoms with Crippen molar-refractivity contribution in [2.75, 3.05) is 5.32 Å². The van der Waals surface area contributed by atoms with Crippen LogP contribution in [0.25, 0.3) is 11.3 Å². The van der Waals surface area contributed by atoms with Gasteiger partial charge in [-0.25, -0.2) is 9.97 Å². The minimum Gasteiger partial charge on any atom is -0.352 e. The average molecular weight is 489 g/mol. The van der Waals surface area contributed by atoms with Gasteiger partial charge in [0.1, 0.15) is 5.03 Å². The molecule has 8 heteroatoms. The van der Waals surface area contributed by atoms with E-state index in [1.54, 1.807) is 18.3 Å². The van der Waals surface area contributed by atoms with Gasteiger partial charge in [0.2, 0.25) is 5.91 Å². The lowest BCUT2D eigenvalue weighted by molar-refractivity contribution is -0.119. The normalized spacial score (nSPS) is 10.7. The Hall–Kier alpha value is -3.49. The summed E-state index contributed by atoms with van der Waals surface area (Å²) in [6.07, 6.45) is 1.69. The van der Waals surface area contributed by atoms with Crippen LogP contribution in [0.1, 0.15) is 34.0 Å². The maximum absolute atomic E-state index is 13.0. The summed E-state index contributed by atoms with van der Waals surface area (Å²) in [6, 6.07) is 17.6. The first-order valence-corrected chi connectivity index (χ1v) is 12.4. The van der Waals surface area contributed by atoms with E-state index in [-0.39, 0.29) is 11.8 Å². The highest BCUT2D eigenvalue weighted by Gasteiger charge is 2.16. The summed E-state index contributed by atoms with van der Waals surface area (Å²) in [5, 5.41) is 8.77. The van der Waals surface area contributed by atoms with Gasteiger partial charge >= 0.3 is 0 Å². The minimum atomic E-state index is -0.244. The molecule has 0 aliphatic heterocycles. The van der Waals surface area contributed by atoms with E-state index in [2.05, 4.69) is 46.6 Å². The van der Waals surface area contributed by atoms with Gasteiger partial charge in [0.05, 0.1) is 11.3 Å². The Balaban J connectivity index is 1.46. The molecule has 34 heavy (non-hydrogen) atoms. The van der Waals surface area contributed by atoms with E-state index in [4.69, 9.17) is 0 Å². The third kappa shape index (κ3) is 5.89. The molecule has 0 unspecified atom stereocenters. The lowest BCUT2D eigenvalue weighted by Crippen LogP contribution is -2.18. The molecule has 0 aliphatic rings. The Kier molecular flexibility index (Phi) is 7.40. The van der Waals surface area contributed by atoms with Crippen LogP contribution < -0.4 is 10.6 Å². The highest BCUT2D eigenvalue weighted by Crippen LogP contribution is 2.31. The quantitative estimate of drug-likeness (QED) is 0.340. The van der Waals surface area contributed by atoms with Crippen LogP contribution in [0.3, 0.4) is 0 Å². The van der Waals surface area contributed by atoms with Gasteiger partial charge in [-0.3, -0.25) is 14.9 Å². The van der Waals surface area contributed by atoms with Crippen LogP contribution >= 0.6 is 23.1 Å². The number of amides is 2. The largest absolute Gasteiger partial charge is 0.352 e. The monoisotopic (exact) mass is 488 g/mol. The van der Waals surface area contributed by atoms with Gasteiger partial charge in [0.25, 0.3) is 5.91 Å². The second-order valence-corrected chi connectivity index (χ2v) is 9.72. The van der Waals surface area contributed by atoms with E-state index < -0.39 is 0 Å². The number of benzene rings is 2. The molecule has 4 aromatic rings. The van der Waals surface area contributed by atoms with Crippen molar-refractivity contribution in [2.45, 2.75) is 37.2 Å². The fourth-order valence-electron chi connectivity index (χ4n) is 3.18. The van der Waals surface area contributed by atoms with Crippen molar-refractivity contribution in [3.8, 4) is 11.3 Å². The Morgan fingerprint density at radius 2 is 1.82 bits per heavy atom. The Morgan fingerprint density at radius 3 is 2.56 bits per heavy atom. The summed E-state index contributed by atoms with van der Waals surface area (Å²) in [5.74, 6) is -0.306. The van der Waals surface area contributed by atoms with Crippen LogP contribution in [0.5, 0.6) is 0 Å². The van der Waals surface area contributed by atoms with Gasteiger partial charge in [0.15, 0.2) is 5.13 Å². The van der Waals surface area contributed by atoms with Crippen LogP contribution in [0.2, 0.25) is 0 Å². The van der Waals surface area contributed by atoms with Crippen LogP contribution in [-0.2, 0) is 11.3 Å². The second kappa shape index (κ2) is 10.6. The molecule has 2 aromatic carbocycles. The molecule has 0 radical (unpaired) electrons. The minimum absolute atomic E-state index is 0.0619. The predicted octanol–water partition coefficient (Wildman–Crippen LogP) is 5.86. The van der Waals surface area contributed by atoms with E-state index in [9.17, 15) is 9.59 Å². The van der Waals surface area contributed by atoms with Crippen molar-refractivity contribution in [1.82, 2.24) is 15.3 Å². The number of rotatable bonds is 7. The van der Waals surface area contributed by atoms with E-state index in [1.807, 2.05) is 35.7 Å². The molecule has 0 aliphatic carbocycles. The maximum atomic E-state index is 13.0. The summed E-state index contributed by atoms with van der Waals surface area (Å²) < 4.78 is 0. The number of hydrogen-bond acceptors (Lipinski definition) is 6. The molecule has 0 atom stereocenters. The van der Waals surface area contributed by atoms with E-state index in [0.717, 1.165) is 21.7 Å². The van der Waals surface area contributed by atoms with E-state index in [1.165, 1.54) is 41.1 Å². The number of carbonyl (C=O) groups excluding carboxylic acids is 2. The SMILES string of the molecule is CC(=O)NCc1ccc(-c2csc(NC(=O)c3cccnc3Sc3ccc(C)c(C)c3)n2)cc1. The van der Waals surface area contributed by atoms with Crippen LogP contribution in [-0.4, -0.2) is 21.8 Å². The maximum Gasteiger partial charge on any atom is 0.260 e. The number of thiazole rings is 1. The van der Waals surface area contributed by atoms with Gasteiger partial charge in [-0.2, -0.15) is 0 Å². The third-order valence-corrected chi connectivity index (χ3v) is 6.99. The molecule has 4 rings (SSSR count). The standard InChI is InChI=1S/C26H24N4O2S2/c1-16-6-11-21(13-17(16)2)34-25-22(5-4-12-27-25)24(32)30-26-29-23(15-33-26)20-9-7-19(8-10-20)14-28-18(3)31/h4-13,15H,14H2,1-3H3,(H,28,31)(H,29,30,32). The number of carbonyl (C=O) groups is 2. The number of nitrogens with one attached hydrogen (secondary N) is 2. The van der Waals surface area contributed by atoms with Crippen molar-refractivity contribution in [1.29, 1.82) is 0 Å². The van der Waals surface area contributed by atoms with Crippen molar-refractivity contribution < 1.29 is 9.59 Å². The highest BCUT2D eigenvalue weighted by atomic mass is 32.2. The topological polar surface area (TPSA) is 84.0 Å². The fourth-order valence-corrected chi connectivity index (χ4v) is 4.88. The number of aryl methyl sites for hydroxylation is 2. The van der Waals surface area contributed by atoms with Crippen molar-refractivity contribution in [3.05, 3.63) is 88.4 Å². The Bertz CT molecular complexity index is 1330. The summed E-state index contributed by atoms with van der Waals surface area (Å²) >= 11 is 2.84. The predicted molar refractivity (Wildman–Crippen MR) is 137 cm³/mol. The molecule has 2 heterocycles. The number of aromatic nitrogens is 2. The molecule has 2 aromatic heterocycles. The molecule has 2 N–H and O–H groups in total. The molecule has 6 nitrogen and oxygen atoms in total. The van der Waals surface area contributed by atoms with Crippen molar-refractivity contribution >= 4 is 40.0 Å². The van der Waals surface area contributed by atoms with Gasteiger partial charge in [-0.15, -0.1) is 11.3 Å². The number of nitrogens with zero attached hydrogens (tertiary/aromatic N) is 2. The van der Waals surface area contributed by atoms with Crippen LogP contribution in [0.4, 0.5) is 5.13 Å². The van der Waals surface area contributed by atoms with E-state index >= 15 is 0 Å². The number of anilines is 1. The smallest absolute Gasteiger partial charge is 0.260 e. The Labute approximate surface area is 206 Å². The summed E-state index contributed by atoms with van der Waals surface area (Å²) in [5.41, 5.74) is 5.66. The molecule has 2 amide bonds. The molecule has 0 spiro atoms. The van der Waals surface area contributed by atoms with Crippen LogP contribution in [0.15, 0.2) is 76.1 Å². The summed E-state index contributed by atoms with van der Waals surface area (Å²) in [7, 11) is 0. The first kappa shape index (κ1) is 23.7. The lowest BCUT2D eigenvalue weighted by Gasteiger charge is -2.09. The summed E-state index contributed by atoms with van der Waals surface area (Å²) in [4.78, 5) is 34.2. The second-order valence-electron chi connectivity index (χ2n) is 7.80. The lowest BCUT2D eigenvalue weighted by atomic mass is 10.1. The molecule has 172 valence electrons. The molecule has 0 saturated heterocycles. The number of hydrogen-bond donors (Lipinski definition) is 2. The average Bonchev–Trinajstić information content (AvgIpc) is 3.29. The van der Waals surface area contributed by atoms with Crippen LogP contribution in [0, 0.1) is 13.8 Å². The zero-order valence-corrected chi connectivity index (χ0v) is 20.7. The molecular formula is C26H24N4O2S2. The van der Waals surface area contributed by atoms with Gasteiger partial charge < -0.3 is 5.32 Å². The first-order chi connectivity index (χ1) is 16.4. The van der Waals surface area contributed by atoms with Gasteiger partial charge in [0, 0.05) is 35.5 Å². The van der Waals surface area contributed by atoms with Crippen molar-refractivity contribution in [3.63, 3.8) is 0 Å². The third-order valence-electron chi connectivity index (χ3n) is 5.22. The molecule has 0 fully saturated rings. The zero-order chi connectivity index (χ0) is 24.1. The molecule has 0 bridgehead atoms. The number of pyridine rings is 1. The molecular weight excluding hydrogens is 464 g/mol. The van der Waals surface area contributed by atoms with Gasteiger partial charge in [-0.1, -0.05) is 42.1 Å². The van der Waals surface area contributed by atoms with E-state index in [0.29, 0.717) is 22.3 Å². The summed E-state index contributed by atoms with van der Waals surface area (Å²) in [6.45, 7) is 6.13. The van der Waals surface area contributed by atoms with Crippen molar-refractivity contribution in [2.24, 2.45) is 0 Å². The fraction of sp³-hybridized carbons (Fsp3) is 0.154. The zero-order valence-electron chi connectivity index (χ0n) is 19.1. The highest BCUT2D eigenvalue weighted by molar-refractivity contribution is 7.99. The first-order valence-electron chi connectivity index (χ1n) is 10.7. The Morgan fingerprint density at radius 1 is 1.03 bits per heavy atom. The van der Waals surface area contributed by atoms with Gasteiger partial charge in [-0.05, 0) is 54.8 Å². The molecule has 0 saturated carbocycles.